The molecule has 0 saturated heterocycles. The molecular formula is C17H27NO. The fourth-order valence-corrected chi connectivity index (χ4v) is 1.99. The molecule has 0 aliphatic carbocycles. The van der Waals surface area contributed by atoms with Gasteiger partial charge in [-0.15, -0.1) is 0 Å². The molecule has 1 aromatic rings. The highest BCUT2D eigenvalue weighted by Gasteiger charge is 2.01. The number of rotatable bonds is 10. The monoisotopic (exact) mass is 261 g/mol. The van der Waals surface area contributed by atoms with Crippen LogP contribution in [0.5, 0.6) is 5.75 Å². The summed E-state index contributed by atoms with van der Waals surface area (Å²) in [6.07, 6.45) is 5.48. The van der Waals surface area contributed by atoms with Crippen molar-refractivity contribution >= 4 is 6.08 Å². The molecule has 1 rings (SSSR count). The number of hydrogen-bond acceptors (Lipinski definition) is 2. The molecule has 0 radical (unpaired) electrons. The van der Waals surface area contributed by atoms with E-state index >= 15 is 0 Å². The highest BCUT2D eigenvalue weighted by atomic mass is 16.5. The lowest BCUT2D eigenvalue weighted by Crippen LogP contribution is -2.26. The van der Waals surface area contributed by atoms with Crippen LogP contribution in [0.4, 0.5) is 0 Å². The van der Waals surface area contributed by atoms with Crippen LogP contribution in [0.15, 0.2) is 30.8 Å². The van der Waals surface area contributed by atoms with Gasteiger partial charge in [0.25, 0.3) is 0 Å². The van der Waals surface area contributed by atoms with Crippen LogP contribution in [0, 0.1) is 0 Å². The van der Waals surface area contributed by atoms with Crippen LogP contribution in [-0.4, -0.2) is 31.1 Å². The Balaban J connectivity index is 2.19. The molecule has 0 spiro atoms. The van der Waals surface area contributed by atoms with E-state index in [1.807, 2.05) is 30.3 Å². The summed E-state index contributed by atoms with van der Waals surface area (Å²) in [6.45, 7) is 12.5. The molecule has 2 heteroatoms. The molecule has 0 unspecified atom stereocenters. The minimum Gasteiger partial charge on any atom is -0.494 e. The molecule has 19 heavy (non-hydrogen) atoms. The summed E-state index contributed by atoms with van der Waals surface area (Å²) < 4.78 is 5.74. The Kier molecular flexibility index (Phi) is 7.99. The summed E-state index contributed by atoms with van der Waals surface area (Å²) in [4.78, 5) is 2.49. The van der Waals surface area contributed by atoms with Gasteiger partial charge in [-0.3, -0.25) is 0 Å². The zero-order valence-electron chi connectivity index (χ0n) is 12.4. The second-order valence-corrected chi connectivity index (χ2v) is 4.76. The van der Waals surface area contributed by atoms with Gasteiger partial charge in [-0.25, -0.2) is 0 Å². The molecular weight excluding hydrogens is 234 g/mol. The van der Waals surface area contributed by atoms with Gasteiger partial charge in [0.15, 0.2) is 0 Å². The van der Waals surface area contributed by atoms with Crippen molar-refractivity contribution in [3.05, 3.63) is 36.4 Å². The van der Waals surface area contributed by atoms with E-state index < -0.39 is 0 Å². The molecule has 0 saturated carbocycles. The van der Waals surface area contributed by atoms with Gasteiger partial charge in [0, 0.05) is 6.54 Å². The first-order valence-corrected chi connectivity index (χ1v) is 7.37. The summed E-state index contributed by atoms with van der Waals surface area (Å²) in [7, 11) is 0. The van der Waals surface area contributed by atoms with E-state index in [-0.39, 0.29) is 0 Å². The van der Waals surface area contributed by atoms with Crippen LogP contribution in [0.2, 0.25) is 0 Å². The van der Waals surface area contributed by atoms with Gasteiger partial charge in [-0.1, -0.05) is 45.1 Å². The first-order chi connectivity index (χ1) is 9.30. The van der Waals surface area contributed by atoms with Crippen LogP contribution >= 0.6 is 0 Å². The van der Waals surface area contributed by atoms with Crippen molar-refractivity contribution in [1.29, 1.82) is 0 Å². The van der Waals surface area contributed by atoms with Crippen molar-refractivity contribution in [3.63, 3.8) is 0 Å². The maximum absolute atomic E-state index is 5.74. The summed E-state index contributed by atoms with van der Waals surface area (Å²) >= 11 is 0. The number of ether oxygens (including phenoxy) is 1. The molecule has 0 aromatic heterocycles. The average Bonchev–Trinajstić information content (AvgIpc) is 2.47. The van der Waals surface area contributed by atoms with Crippen molar-refractivity contribution in [2.24, 2.45) is 0 Å². The fraction of sp³-hybridized carbons (Fsp3) is 0.529. The summed E-state index contributed by atoms with van der Waals surface area (Å²) in [5, 5.41) is 0. The molecule has 0 heterocycles. The molecule has 106 valence electrons. The van der Waals surface area contributed by atoms with Gasteiger partial charge >= 0.3 is 0 Å². The van der Waals surface area contributed by atoms with Crippen molar-refractivity contribution in [1.82, 2.24) is 4.90 Å². The quantitative estimate of drug-likeness (QED) is 0.585. The smallest absolute Gasteiger partial charge is 0.119 e. The summed E-state index contributed by atoms with van der Waals surface area (Å²) in [5.41, 5.74) is 1.13. The number of benzene rings is 1. The van der Waals surface area contributed by atoms with Crippen LogP contribution in [0.25, 0.3) is 6.08 Å². The predicted octanol–water partition coefficient (Wildman–Crippen LogP) is 4.22. The Morgan fingerprint density at radius 2 is 1.79 bits per heavy atom. The van der Waals surface area contributed by atoms with E-state index in [4.69, 9.17) is 4.74 Å². The van der Waals surface area contributed by atoms with Crippen LogP contribution in [-0.2, 0) is 0 Å². The minimum atomic E-state index is 0.788. The second-order valence-electron chi connectivity index (χ2n) is 4.76. The Morgan fingerprint density at radius 1 is 1.11 bits per heavy atom. The van der Waals surface area contributed by atoms with Crippen LogP contribution in [0.3, 0.4) is 0 Å². The Hall–Kier alpha value is -1.28. The van der Waals surface area contributed by atoms with Crippen molar-refractivity contribution in [2.45, 2.75) is 33.1 Å². The molecule has 0 aliphatic heterocycles. The van der Waals surface area contributed by atoms with Crippen LogP contribution < -0.4 is 4.74 Å². The van der Waals surface area contributed by atoms with Gasteiger partial charge in [-0.05, 0) is 43.6 Å². The molecule has 0 atom stereocenters. The maximum atomic E-state index is 5.74. The Morgan fingerprint density at radius 3 is 2.37 bits per heavy atom. The zero-order chi connectivity index (χ0) is 13.9. The first kappa shape index (κ1) is 15.8. The van der Waals surface area contributed by atoms with E-state index in [2.05, 4.69) is 25.3 Å². The van der Waals surface area contributed by atoms with E-state index in [1.54, 1.807) is 0 Å². The second kappa shape index (κ2) is 9.62. The highest BCUT2D eigenvalue weighted by Crippen LogP contribution is 2.13. The van der Waals surface area contributed by atoms with E-state index in [0.29, 0.717) is 0 Å². The summed E-state index contributed by atoms with van der Waals surface area (Å²) in [6, 6.07) is 8.07. The topological polar surface area (TPSA) is 12.5 Å². The van der Waals surface area contributed by atoms with Gasteiger partial charge < -0.3 is 9.64 Å². The molecule has 0 fully saturated rings. The molecule has 0 aliphatic rings. The fourth-order valence-electron chi connectivity index (χ4n) is 1.99. The standard InChI is InChI=1S/C17H27NO/c1-4-7-13-18(6-3)14-8-15-19-17-11-9-16(5-2)10-12-17/h5,9-12H,2,4,6-8,13-15H2,1,3H3. The molecule has 0 N–H and O–H groups in total. The van der Waals surface area contributed by atoms with E-state index in [9.17, 15) is 0 Å². The molecule has 1 aromatic carbocycles. The van der Waals surface area contributed by atoms with Gasteiger partial charge in [0.05, 0.1) is 6.61 Å². The lowest BCUT2D eigenvalue weighted by Gasteiger charge is -2.19. The van der Waals surface area contributed by atoms with Gasteiger partial charge in [0.1, 0.15) is 5.75 Å². The number of unbranched alkanes of at least 4 members (excludes halogenated alkanes) is 1. The Labute approximate surface area is 118 Å². The van der Waals surface area contributed by atoms with Crippen molar-refractivity contribution in [2.75, 3.05) is 26.2 Å². The van der Waals surface area contributed by atoms with E-state index in [1.165, 1.54) is 19.4 Å². The third kappa shape index (κ3) is 6.44. The zero-order valence-corrected chi connectivity index (χ0v) is 12.4. The number of hydrogen-bond donors (Lipinski definition) is 0. The molecule has 0 bridgehead atoms. The number of nitrogens with zero attached hydrogens (tertiary/aromatic N) is 1. The maximum Gasteiger partial charge on any atom is 0.119 e. The lowest BCUT2D eigenvalue weighted by atomic mass is 10.2. The SMILES string of the molecule is C=Cc1ccc(OCCCN(CC)CCCC)cc1. The average molecular weight is 261 g/mol. The third-order valence-electron chi connectivity index (χ3n) is 3.28. The van der Waals surface area contributed by atoms with Crippen LogP contribution in [0.1, 0.15) is 38.7 Å². The van der Waals surface area contributed by atoms with E-state index in [0.717, 1.165) is 37.4 Å². The highest BCUT2D eigenvalue weighted by molar-refractivity contribution is 5.48. The first-order valence-electron chi connectivity index (χ1n) is 7.37. The minimum absolute atomic E-state index is 0.788. The lowest BCUT2D eigenvalue weighted by molar-refractivity contribution is 0.239. The third-order valence-corrected chi connectivity index (χ3v) is 3.28. The Bertz CT molecular complexity index is 345. The molecule has 0 amide bonds. The predicted molar refractivity (Wildman–Crippen MR) is 83.7 cm³/mol. The van der Waals surface area contributed by atoms with Crippen molar-refractivity contribution < 1.29 is 4.74 Å². The van der Waals surface area contributed by atoms with Gasteiger partial charge in [-0.2, -0.15) is 0 Å². The van der Waals surface area contributed by atoms with Crippen molar-refractivity contribution in [3.8, 4) is 5.75 Å². The summed E-state index contributed by atoms with van der Waals surface area (Å²) in [5.74, 6) is 0.946. The normalized spacial score (nSPS) is 10.7. The molecule has 2 nitrogen and oxygen atoms in total. The van der Waals surface area contributed by atoms with Gasteiger partial charge in [0.2, 0.25) is 0 Å². The largest absolute Gasteiger partial charge is 0.494 e.